The van der Waals surface area contributed by atoms with Crippen LogP contribution in [-0.4, -0.2) is 62.1 Å². The molecule has 0 spiro atoms. The molecule has 2 atom stereocenters. The van der Waals surface area contributed by atoms with Gasteiger partial charge in [-0.3, -0.25) is 0 Å². The van der Waals surface area contributed by atoms with Crippen LogP contribution < -0.4 is 10.6 Å². The van der Waals surface area contributed by atoms with Gasteiger partial charge in [-0.25, -0.2) is 9.59 Å². The van der Waals surface area contributed by atoms with Gasteiger partial charge in [0.05, 0.1) is 18.8 Å². The van der Waals surface area contributed by atoms with Crippen molar-refractivity contribution >= 4 is 20.5 Å². The molecule has 0 aliphatic heterocycles. The van der Waals surface area contributed by atoms with E-state index in [2.05, 4.69) is 44.5 Å². The Hall–Kier alpha value is -1.32. The zero-order valence-electron chi connectivity index (χ0n) is 20.8. The number of carbonyl (C=O) groups excluding carboxylic acids is 2. The Kier molecular flexibility index (Phi) is 10.3. The van der Waals surface area contributed by atoms with Crippen molar-refractivity contribution in [3.8, 4) is 0 Å². The Bertz CT molecular complexity index is 561. The number of hydrogen-bond donors (Lipinski definition) is 3. The predicted molar refractivity (Wildman–Crippen MR) is 121 cm³/mol. The van der Waals surface area contributed by atoms with Gasteiger partial charge in [0.1, 0.15) is 11.2 Å². The summed E-state index contributed by atoms with van der Waals surface area (Å²) in [4.78, 5) is 24.2. The number of amides is 2. The maximum absolute atomic E-state index is 12.1. The molecule has 2 amide bonds. The van der Waals surface area contributed by atoms with Crippen LogP contribution in [0.15, 0.2) is 0 Å². The standard InChI is InChI=1S/C21H44N2O6Si/c1-19(2,3)27-17(25)22-13-16(29-30(10,11)21(7,8)9)12-15(14-24)23-18(26)28-20(4,5)6/h15-16,24H,12-14H2,1-11H3,(H,22,25)(H,23,26)/t15-,16+/m0/s1. The monoisotopic (exact) mass is 448 g/mol. The quantitative estimate of drug-likeness (QED) is 0.481. The van der Waals surface area contributed by atoms with E-state index in [0.717, 1.165) is 0 Å². The number of nitrogens with one attached hydrogen (secondary N) is 2. The molecule has 0 saturated heterocycles. The number of aliphatic hydroxyl groups excluding tert-OH is 1. The maximum atomic E-state index is 12.1. The molecule has 0 fully saturated rings. The lowest BCUT2D eigenvalue weighted by Crippen LogP contribution is -2.50. The first-order valence-electron chi connectivity index (χ1n) is 10.5. The summed E-state index contributed by atoms with van der Waals surface area (Å²) in [7, 11) is -2.16. The van der Waals surface area contributed by atoms with Crippen molar-refractivity contribution in [2.24, 2.45) is 0 Å². The molecule has 0 aliphatic carbocycles. The molecule has 0 aromatic heterocycles. The first-order chi connectivity index (χ1) is 13.3. The van der Waals surface area contributed by atoms with Crippen LogP contribution in [0.2, 0.25) is 18.1 Å². The van der Waals surface area contributed by atoms with Crippen molar-refractivity contribution in [3.63, 3.8) is 0 Å². The molecule has 0 heterocycles. The lowest BCUT2D eigenvalue weighted by Gasteiger charge is -2.40. The summed E-state index contributed by atoms with van der Waals surface area (Å²) in [5, 5.41) is 15.2. The second-order valence-corrected chi connectivity index (χ2v) is 15.9. The zero-order chi connectivity index (χ0) is 24.0. The van der Waals surface area contributed by atoms with Crippen molar-refractivity contribution < 1.29 is 28.6 Å². The summed E-state index contributed by atoms with van der Waals surface area (Å²) < 4.78 is 17.0. The molecular formula is C21H44N2O6Si. The number of rotatable bonds is 8. The molecule has 0 aliphatic rings. The molecule has 178 valence electrons. The van der Waals surface area contributed by atoms with Gasteiger partial charge in [0.15, 0.2) is 8.32 Å². The Balaban J connectivity index is 5.25. The number of alkyl carbamates (subject to hydrolysis) is 2. The zero-order valence-corrected chi connectivity index (χ0v) is 21.8. The third kappa shape index (κ3) is 12.4. The van der Waals surface area contributed by atoms with E-state index in [1.807, 2.05) is 0 Å². The lowest BCUT2D eigenvalue weighted by atomic mass is 10.1. The van der Waals surface area contributed by atoms with Crippen LogP contribution in [0.1, 0.15) is 68.7 Å². The lowest BCUT2D eigenvalue weighted by molar-refractivity contribution is 0.0420. The second-order valence-electron chi connectivity index (χ2n) is 11.1. The van der Waals surface area contributed by atoms with E-state index < -0.39 is 43.9 Å². The fraction of sp³-hybridized carbons (Fsp3) is 0.905. The number of hydrogen-bond acceptors (Lipinski definition) is 6. The van der Waals surface area contributed by atoms with E-state index in [0.29, 0.717) is 6.42 Å². The van der Waals surface area contributed by atoms with Crippen molar-refractivity contribution in [2.75, 3.05) is 13.2 Å². The highest BCUT2D eigenvalue weighted by molar-refractivity contribution is 6.74. The third-order valence-electron chi connectivity index (χ3n) is 4.63. The Morgan fingerprint density at radius 1 is 0.900 bits per heavy atom. The van der Waals surface area contributed by atoms with Gasteiger partial charge < -0.3 is 29.6 Å². The van der Waals surface area contributed by atoms with E-state index in [1.165, 1.54) is 0 Å². The second kappa shape index (κ2) is 10.8. The summed E-state index contributed by atoms with van der Waals surface area (Å²) in [6, 6.07) is -0.574. The topological polar surface area (TPSA) is 106 Å². The SMILES string of the molecule is CC(C)(C)OC(=O)NC[C@@H](C[C@@H](CO)NC(=O)OC(C)(C)C)O[Si](C)(C)C(C)(C)C. The normalized spacial score (nSPS) is 15.2. The van der Waals surface area contributed by atoms with Crippen molar-refractivity contribution in [1.29, 1.82) is 0 Å². The maximum Gasteiger partial charge on any atom is 0.407 e. The molecule has 0 rings (SSSR count). The summed E-state index contributed by atoms with van der Waals surface area (Å²) in [5.41, 5.74) is -1.24. The molecule has 0 saturated carbocycles. The Morgan fingerprint density at radius 2 is 1.37 bits per heavy atom. The first-order valence-corrected chi connectivity index (χ1v) is 13.4. The van der Waals surface area contributed by atoms with Crippen molar-refractivity contribution in [1.82, 2.24) is 10.6 Å². The largest absolute Gasteiger partial charge is 0.444 e. The molecule has 9 heteroatoms. The minimum Gasteiger partial charge on any atom is -0.444 e. The summed E-state index contributed by atoms with van der Waals surface area (Å²) in [6.45, 7) is 21.2. The van der Waals surface area contributed by atoms with Crippen LogP contribution >= 0.6 is 0 Å². The Labute approximate surface area is 183 Å². The molecule has 30 heavy (non-hydrogen) atoms. The molecule has 0 aromatic rings. The highest BCUT2D eigenvalue weighted by Gasteiger charge is 2.39. The first kappa shape index (κ1) is 28.7. The van der Waals surface area contributed by atoms with Crippen LogP contribution in [0.25, 0.3) is 0 Å². The number of ether oxygens (including phenoxy) is 2. The number of aliphatic hydroxyl groups is 1. The number of carbonyl (C=O) groups is 2. The third-order valence-corrected chi connectivity index (χ3v) is 9.16. The van der Waals surface area contributed by atoms with E-state index in [9.17, 15) is 14.7 Å². The average Bonchev–Trinajstić information content (AvgIpc) is 2.46. The predicted octanol–water partition coefficient (Wildman–Crippen LogP) is 4.18. The van der Waals surface area contributed by atoms with Gasteiger partial charge in [-0.2, -0.15) is 0 Å². The van der Waals surface area contributed by atoms with Crippen molar-refractivity contribution in [2.45, 2.75) is 110 Å². The van der Waals surface area contributed by atoms with Gasteiger partial charge in [-0.05, 0) is 66.1 Å². The minimum absolute atomic E-state index is 0.0372. The molecule has 0 unspecified atom stereocenters. The highest BCUT2D eigenvalue weighted by atomic mass is 28.4. The van der Waals surface area contributed by atoms with Gasteiger partial charge in [0.25, 0.3) is 0 Å². The van der Waals surface area contributed by atoms with Crippen LogP contribution in [-0.2, 0) is 13.9 Å². The van der Waals surface area contributed by atoms with E-state index in [4.69, 9.17) is 13.9 Å². The van der Waals surface area contributed by atoms with Gasteiger partial charge in [0, 0.05) is 6.54 Å². The molecule has 0 bridgehead atoms. The highest BCUT2D eigenvalue weighted by Crippen LogP contribution is 2.37. The molecular weight excluding hydrogens is 404 g/mol. The van der Waals surface area contributed by atoms with Crippen LogP contribution in [0.5, 0.6) is 0 Å². The van der Waals surface area contributed by atoms with Gasteiger partial charge in [0.2, 0.25) is 0 Å². The van der Waals surface area contributed by atoms with Gasteiger partial charge >= 0.3 is 12.2 Å². The van der Waals surface area contributed by atoms with Crippen molar-refractivity contribution in [3.05, 3.63) is 0 Å². The Morgan fingerprint density at radius 3 is 1.77 bits per heavy atom. The van der Waals surface area contributed by atoms with E-state index in [1.54, 1.807) is 41.5 Å². The smallest absolute Gasteiger partial charge is 0.407 e. The molecule has 8 nitrogen and oxygen atoms in total. The van der Waals surface area contributed by atoms with Gasteiger partial charge in [-0.15, -0.1) is 0 Å². The summed E-state index contributed by atoms with van der Waals surface area (Å²) in [6.07, 6.45) is -1.23. The summed E-state index contributed by atoms with van der Waals surface area (Å²) >= 11 is 0. The van der Waals surface area contributed by atoms with E-state index >= 15 is 0 Å². The molecule has 0 aromatic carbocycles. The molecule has 0 radical (unpaired) electrons. The van der Waals surface area contributed by atoms with Gasteiger partial charge in [-0.1, -0.05) is 20.8 Å². The fourth-order valence-electron chi connectivity index (χ4n) is 2.25. The average molecular weight is 449 g/mol. The molecule has 3 N–H and O–H groups in total. The van der Waals surface area contributed by atoms with E-state index in [-0.39, 0.29) is 18.2 Å². The van der Waals surface area contributed by atoms with Crippen LogP contribution in [0.4, 0.5) is 9.59 Å². The minimum atomic E-state index is -2.16. The summed E-state index contributed by atoms with van der Waals surface area (Å²) in [5.74, 6) is 0. The fourth-order valence-corrected chi connectivity index (χ4v) is 3.62. The van der Waals surface area contributed by atoms with Crippen LogP contribution in [0.3, 0.4) is 0 Å². The van der Waals surface area contributed by atoms with Crippen LogP contribution in [0, 0.1) is 0 Å².